The van der Waals surface area contributed by atoms with E-state index in [2.05, 4.69) is 43.0 Å². The van der Waals surface area contributed by atoms with E-state index in [0.717, 1.165) is 9.26 Å². The van der Waals surface area contributed by atoms with Crippen LogP contribution in [-0.4, -0.2) is 19.6 Å². The van der Waals surface area contributed by atoms with E-state index in [0.29, 0.717) is 21.8 Å². The molecular formula is C11H6Cl2IN5. The third-order valence-corrected chi connectivity index (χ3v) is 3.59. The Balaban J connectivity index is 2.07. The first-order valence-electron chi connectivity index (χ1n) is 5.22. The van der Waals surface area contributed by atoms with Crippen LogP contribution in [0.3, 0.4) is 0 Å². The predicted octanol–water partition coefficient (Wildman–Crippen LogP) is 3.78. The number of fused-ring (bicyclic) bond motifs is 1. The second-order valence-electron chi connectivity index (χ2n) is 3.69. The normalized spacial score (nSPS) is 10.9. The number of hydrogen-bond acceptors (Lipinski definition) is 4. The second-order valence-corrected chi connectivity index (χ2v) is 5.73. The molecule has 2 aromatic heterocycles. The van der Waals surface area contributed by atoms with Gasteiger partial charge in [0, 0.05) is 9.64 Å². The van der Waals surface area contributed by atoms with Crippen LogP contribution in [0.4, 0.5) is 11.5 Å². The van der Waals surface area contributed by atoms with Crippen LogP contribution in [0.25, 0.3) is 5.78 Å². The van der Waals surface area contributed by atoms with Gasteiger partial charge >= 0.3 is 0 Å². The Labute approximate surface area is 132 Å². The largest absolute Gasteiger partial charge is 0.339 e. The van der Waals surface area contributed by atoms with Crippen LogP contribution < -0.4 is 5.32 Å². The fourth-order valence-corrected chi connectivity index (χ4v) is 2.68. The van der Waals surface area contributed by atoms with E-state index in [1.54, 1.807) is 10.6 Å². The van der Waals surface area contributed by atoms with Crippen LogP contribution >= 0.6 is 45.8 Å². The summed E-state index contributed by atoms with van der Waals surface area (Å²) in [6, 6.07) is 7.38. The summed E-state index contributed by atoms with van der Waals surface area (Å²) < 4.78 is 2.62. The molecule has 96 valence electrons. The van der Waals surface area contributed by atoms with Crippen LogP contribution in [0.2, 0.25) is 10.2 Å². The molecule has 3 aromatic rings. The molecule has 0 atom stereocenters. The highest BCUT2D eigenvalue weighted by atomic mass is 127. The highest BCUT2D eigenvalue weighted by Crippen LogP contribution is 2.27. The van der Waals surface area contributed by atoms with Gasteiger partial charge in [0.25, 0.3) is 5.78 Å². The number of hydrogen-bond donors (Lipinski definition) is 1. The lowest BCUT2D eigenvalue weighted by molar-refractivity contribution is 0.947. The van der Waals surface area contributed by atoms with Crippen LogP contribution in [0.5, 0.6) is 0 Å². The van der Waals surface area contributed by atoms with E-state index in [9.17, 15) is 0 Å². The molecule has 8 heteroatoms. The van der Waals surface area contributed by atoms with Gasteiger partial charge in [-0.2, -0.15) is 19.6 Å². The summed E-state index contributed by atoms with van der Waals surface area (Å²) in [6.45, 7) is 0. The quantitative estimate of drug-likeness (QED) is 0.520. The van der Waals surface area contributed by atoms with Crippen molar-refractivity contribution < 1.29 is 0 Å². The molecule has 0 spiro atoms. The van der Waals surface area contributed by atoms with Crippen LogP contribution in [-0.2, 0) is 0 Å². The summed E-state index contributed by atoms with van der Waals surface area (Å²) in [4.78, 5) is 8.06. The van der Waals surface area contributed by atoms with Crippen molar-refractivity contribution in [2.24, 2.45) is 0 Å². The van der Waals surface area contributed by atoms with E-state index in [1.807, 2.05) is 18.2 Å². The van der Waals surface area contributed by atoms with Crippen LogP contribution in [0.15, 0.2) is 30.6 Å². The van der Waals surface area contributed by atoms with Crippen molar-refractivity contribution in [2.75, 3.05) is 5.32 Å². The SMILES string of the molecule is Clc1cc(Nc2ccc(I)cc2Cl)n2ncnc2n1. The summed E-state index contributed by atoms with van der Waals surface area (Å²) in [5, 5.41) is 8.21. The van der Waals surface area contributed by atoms with Gasteiger partial charge < -0.3 is 5.32 Å². The van der Waals surface area contributed by atoms with Crippen molar-refractivity contribution in [3.8, 4) is 0 Å². The number of nitrogens with one attached hydrogen (secondary N) is 1. The molecule has 0 amide bonds. The molecule has 1 aromatic carbocycles. The third kappa shape index (κ3) is 2.60. The van der Waals surface area contributed by atoms with Crippen molar-refractivity contribution in [3.63, 3.8) is 0 Å². The van der Waals surface area contributed by atoms with Gasteiger partial charge in [0.15, 0.2) is 0 Å². The van der Waals surface area contributed by atoms with Gasteiger partial charge in [0.05, 0.1) is 10.7 Å². The minimum Gasteiger partial charge on any atom is -0.339 e. The highest BCUT2D eigenvalue weighted by Gasteiger charge is 2.08. The van der Waals surface area contributed by atoms with E-state index in [-0.39, 0.29) is 0 Å². The maximum Gasteiger partial charge on any atom is 0.255 e. The van der Waals surface area contributed by atoms with Crippen molar-refractivity contribution in [1.82, 2.24) is 19.6 Å². The van der Waals surface area contributed by atoms with E-state index in [4.69, 9.17) is 23.2 Å². The number of nitrogens with zero attached hydrogens (tertiary/aromatic N) is 4. The van der Waals surface area contributed by atoms with Crippen LogP contribution in [0.1, 0.15) is 0 Å². The molecule has 0 aliphatic heterocycles. The Morgan fingerprint density at radius 2 is 2.05 bits per heavy atom. The lowest BCUT2D eigenvalue weighted by Gasteiger charge is -2.10. The molecule has 0 saturated carbocycles. The molecule has 0 radical (unpaired) electrons. The summed E-state index contributed by atoms with van der Waals surface area (Å²) in [5.41, 5.74) is 0.765. The van der Waals surface area contributed by atoms with E-state index >= 15 is 0 Å². The molecule has 0 unspecified atom stereocenters. The number of benzene rings is 1. The third-order valence-electron chi connectivity index (χ3n) is 2.41. The summed E-state index contributed by atoms with van der Waals surface area (Å²) in [7, 11) is 0. The van der Waals surface area contributed by atoms with Crippen molar-refractivity contribution in [1.29, 1.82) is 0 Å². The Morgan fingerprint density at radius 3 is 2.84 bits per heavy atom. The van der Waals surface area contributed by atoms with Gasteiger partial charge in [0.1, 0.15) is 17.3 Å². The van der Waals surface area contributed by atoms with Gasteiger partial charge in [-0.15, -0.1) is 0 Å². The number of halogens is 3. The Hall–Kier alpha value is -1.12. The maximum atomic E-state index is 6.18. The Morgan fingerprint density at radius 1 is 1.21 bits per heavy atom. The average molecular weight is 406 g/mol. The molecule has 1 N–H and O–H groups in total. The summed E-state index contributed by atoms with van der Waals surface area (Å²) in [6.07, 6.45) is 1.42. The lowest BCUT2D eigenvalue weighted by Crippen LogP contribution is -2.02. The molecule has 0 bridgehead atoms. The summed E-state index contributed by atoms with van der Waals surface area (Å²) in [5.74, 6) is 1.08. The second kappa shape index (κ2) is 5.10. The van der Waals surface area contributed by atoms with Crippen molar-refractivity contribution in [2.45, 2.75) is 0 Å². The molecule has 19 heavy (non-hydrogen) atoms. The van der Waals surface area contributed by atoms with E-state index in [1.165, 1.54) is 6.33 Å². The molecule has 2 heterocycles. The Kier molecular flexibility index (Phi) is 3.46. The molecule has 0 saturated heterocycles. The van der Waals surface area contributed by atoms with Gasteiger partial charge in [-0.25, -0.2) is 0 Å². The predicted molar refractivity (Wildman–Crippen MR) is 83.2 cm³/mol. The van der Waals surface area contributed by atoms with Crippen molar-refractivity contribution >= 4 is 63.1 Å². The average Bonchev–Trinajstić information content (AvgIpc) is 2.80. The number of rotatable bonds is 2. The number of aromatic nitrogens is 4. The highest BCUT2D eigenvalue weighted by molar-refractivity contribution is 14.1. The minimum absolute atomic E-state index is 0.338. The van der Waals surface area contributed by atoms with Crippen LogP contribution in [0, 0.1) is 3.57 Å². The molecule has 0 aliphatic carbocycles. The fourth-order valence-electron chi connectivity index (χ4n) is 1.60. The molecule has 3 rings (SSSR count). The van der Waals surface area contributed by atoms with Gasteiger partial charge in [-0.3, -0.25) is 0 Å². The fraction of sp³-hybridized carbons (Fsp3) is 0. The molecule has 0 fully saturated rings. The maximum absolute atomic E-state index is 6.18. The molecule has 5 nitrogen and oxygen atoms in total. The zero-order chi connectivity index (χ0) is 13.4. The zero-order valence-corrected chi connectivity index (χ0v) is 13.0. The lowest BCUT2D eigenvalue weighted by atomic mass is 10.3. The van der Waals surface area contributed by atoms with Gasteiger partial charge in [-0.05, 0) is 40.8 Å². The monoisotopic (exact) mass is 405 g/mol. The van der Waals surface area contributed by atoms with Crippen molar-refractivity contribution in [3.05, 3.63) is 44.3 Å². The first-order valence-corrected chi connectivity index (χ1v) is 7.05. The first kappa shape index (κ1) is 12.9. The van der Waals surface area contributed by atoms with Gasteiger partial charge in [0.2, 0.25) is 0 Å². The smallest absolute Gasteiger partial charge is 0.255 e. The minimum atomic E-state index is 0.338. The summed E-state index contributed by atoms with van der Waals surface area (Å²) >= 11 is 14.3. The first-order chi connectivity index (χ1) is 9.13. The Bertz CT molecular complexity index is 758. The van der Waals surface area contributed by atoms with E-state index < -0.39 is 0 Å². The molecule has 0 aliphatic rings. The topological polar surface area (TPSA) is 55.1 Å². The zero-order valence-electron chi connectivity index (χ0n) is 9.31. The van der Waals surface area contributed by atoms with Gasteiger partial charge in [-0.1, -0.05) is 23.2 Å². The molecular weight excluding hydrogens is 400 g/mol. The standard InChI is InChI=1S/C11H6Cl2IN5/c12-7-3-6(14)1-2-8(7)17-10-4-9(13)18-11-15-5-16-19(10)11/h1-5,17H. The number of anilines is 2.